The van der Waals surface area contributed by atoms with Gasteiger partial charge in [-0.15, -0.1) is 0 Å². The Morgan fingerprint density at radius 1 is 1.42 bits per heavy atom. The number of ether oxygens (including phenoxy) is 2. The highest BCUT2D eigenvalue weighted by molar-refractivity contribution is 8.00. The van der Waals surface area contributed by atoms with Gasteiger partial charge in [-0.3, -0.25) is 9.36 Å². The van der Waals surface area contributed by atoms with E-state index in [9.17, 15) is 4.79 Å². The summed E-state index contributed by atoms with van der Waals surface area (Å²) in [5, 5.41) is 0. The van der Waals surface area contributed by atoms with Crippen molar-refractivity contribution in [3.8, 4) is 6.01 Å². The molecule has 6 nitrogen and oxygen atoms in total. The molecule has 2 rings (SSSR count). The normalized spacial score (nSPS) is 11.1. The lowest BCUT2D eigenvalue weighted by molar-refractivity contribution is 0.178. The zero-order valence-corrected chi connectivity index (χ0v) is 12.6. The predicted octanol–water partition coefficient (Wildman–Crippen LogP) is 1.62. The predicted molar refractivity (Wildman–Crippen MR) is 76.5 cm³/mol. The summed E-state index contributed by atoms with van der Waals surface area (Å²) in [6.45, 7) is 3.14. The van der Waals surface area contributed by atoms with E-state index in [1.807, 2.05) is 13.2 Å². The monoisotopic (exact) mass is 301 g/mol. The molecule has 0 unspecified atom stereocenters. The van der Waals surface area contributed by atoms with E-state index in [2.05, 4.69) is 9.97 Å². The molecule has 0 saturated heterocycles. The zero-order valence-electron chi connectivity index (χ0n) is 11.0. The first kappa shape index (κ1) is 14.3. The SMILES string of the molecule is CCOc1nc2sc(SC)nc2c(=O)n1CCOC. The molecule has 0 fully saturated rings. The topological polar surface area (TPSA) is 66.2 Å². The molecular weight excluding hydrogens is 286 g/mol. The first-order valence-electron chi connectivity index (χ1n) is 5.78. The van der Waals surface area contributed by atoms with Gasteiger partial charge in [0, 0.05) is 7.11 Å². The van der Waals surface area contributed by atoms with Gasteiger partial charge in [0.05, 0.1) is 19.8 Å². The van der Waals surface area contributed by atoms with E-state index in [0.29, 0.717) is 36.1 Å². The van der Waals surface area contributed by atoms with Crippen molar-refractivity contribution < 1.29 is 9.47 Å². The third-order valence-corrected chi connectivity index (χ3v) is 4.37. The lowest BCUT2D eigenvalue weighted by Crippen LogP contribution is -2.25. The largest absolute Gasteiger partial charge is 0.465 e. The fraction of sp³-hybridized carbons (Fsp3) is 0.545. The molecular formula is C11H15N3O3S2. The van der Waals surface area contributed by atoms with E-state index < -0.39 is 0 Å². The number of thioether (sulfide) groups is 1. The Labute approximate surface area is 118 Å². The fourth-order valence-electron chi connectivity index (χ4n) is 1.58. The molecule has 0 spiro atoms. The van der Waals surface area contributed by atoms with Crippen molar-refractivity contribution >= 4 is 33.4 Å². The average Bonchev–Trinajstić information content (AvgIpc) is 2.82. The van der Waals surface area contributed by atoms with Crippen LogP contribution in [0.3, 0.4) is 0 Å². The van der Waals surface area contributed by atoms with Crippen molar-refractivity contribution in [3.05, 3.63) is 10.4 Å². The average molecular weight is 301 g/mol. The molecule has 0 bridgehead atoms. The van der Waals surface area contributed by atoms with Crippen molar-refractivity contribution in [1.82, 2.24) is 14.5 Å². The summed E-state index contributed by atoms with van der Waals surface area (Å²) in [6, 6.07) is 0.327. The van der Waals surface area contributed by atoms with Crippen LogP contribution in [0.5, 0.6) is 6.01 Å². The quantitative estimate of drug-likeness (QED) is 0.755. The van der Waals surface area contributed by atoms with Gasteiger partial charge in [-0.1, -0.05) is 23.1 Å². The Balaban J connectivity index is 2.57. The van der Waals surface area contributed by atoms with E-state index >= 15 is 0 Å². The second kappa shape index (κ2) is 6.36. The Morgan fingerprint density at radius 2 is 2.21 bits per heavy atom. The Kier molecular flexibility index (Phi) is 4.78. The second-order valence-electron chi connectivity index (χ2n) is 3.61. The zero-order chi connectivity index (χ0) is 13.8. The van der Waals surface area contributed by atoms with Gasteiger partial charge in [-0.2, -0.15) is 4.98 Å². The van der Waals surface area contributed by atoms with Crippen LogP contribution in [0.4, 0.5) is 0 Å². The molecule has 0 aromatic carbocycles. The van der Waals surface area contributed by atoms with Crippen molar-refractivity contribution in [3.63, 3.8) is 0 Å². The summed E-state index contributed by atoms with van der Waals surface area (Å²) in [5.74, 6) is 0. The van der Waals surface area contributed by atoms with E-state index in [1.54, 1.807) is 7.11 Å². The molecule has 104 valence electrons. The summed E-state index contributed by atoms with van der Waals surface area (Å²) < 4.78 is 12.7. The fourth-order valence-corrected chi connectivity index (χ4v) is 2.98. The van der Waals surface area contributed by atoms with Crippen molar-refractivity contribution in [2.45, 2.75) is 17.8 Å². The van der Waals surface area contributed by atoms with Crippen LogP contribution >= 0.6 is 23.1 Å². The lowest BCUT2D eigenvalue weighted by Gasteiger charge is -2.10. The highest BCUT2D eigenvalue weighted by Gasteiger charge is 2.15. The van der Waals surface area contributed by atoms with Crippen molar-refractivity contribution in [2.24, 2.45) is 0 Å². The maximum absolute atomic E-state index is 12.4. The van der Waals surface area contributed by atoms with E-state index in [1.165, 1.54) is 27.7 Å². The van der Waals surface area contributed by atoms with Crippen LogP contribution in [0, 0.1) is 0 Å². The molecule has 0 amide bonds. The van der Waals surface area contributed by atoms with Gasteiger partial charge >= 0.3 is 6.01 Å². The minimum absolute atomic E-state index is 0.179. The van der Waals surface area contributed by atoms with Gasteiger partial charge in [0.2, 0.25) is 0 Å². The minimum Gasteiger partial charge on any atom is -0.465 e. The number of methoxy groups -OCH3 is 1. The molecule has 2 aromatic rings. The first-order valence-corrected chi connectivity index (χ1v) is 7.82. The smallest absolute Gasteiger partial charge is 0.300 e. The Bertz CT molecular complexity index is 623. The Morgan fingerprint density at radius 3 is 2.84 bits per heavy atom. The number of nitrogens with zero attached hydrogens (tertiary/aromatic N) is 3. The maximum Gasteiger partial charge on any atom is 0.300 e. The molecule has 0 aliphatic rings. The van der Waals surface area contributed by atoms with Gasteiger partial charge in [-0.05, 0) is 13.2 Å². The molecule has 0 aliphatic heterocycles. The maximum atomic E-state index is 12.4. The number of hydrogen-bond donors (Lipinski definition) is 0. The summed E-state index contributed by atoms with van der Waals surface area (Å²) >= 11 is 2.90. The van der Waals surface area contributed by atoms with E-state index in [-0.39, 0.29) is 5.56 Å². The van der Waals surface area contributed by atoms with Gasteiger partial charge in [0.15, 0.2) is 14.7 Å². The van der Waals surface area contributed by atoms with Gasteiger partial charge < -0.3 is 9.47 Å². The number of hydrogen-bond acceptors (Lipinski definition) is 7. The van der Waals surface area contributed by atoms with Crippen molar-refractivity contribution in [2.75, 3.05) is 26.6 Å². The molecule has 0 atom stereocenters. The number of thiazole rings is 1. The van der Waals surface area contributed by atoms with Crippen LogP contribution in [0.1, 0.15) is 6.92 Å². The second-order valence-corrected chi connectivity index (χ2v) is 5.65. The molecule has 0 aliphatic carbocycles. The van der Waals surface area contributed by atoms with Crippen LogP contribution in [0.15, 0.2) is 9.13 Å². The molecule has 8 heteroatoms. The van der Waals surface area contributed by atoms with Crippen molar-refractivity contribution in [1.29, 1.82) is 0 Å². The first-order chi connectivity index (χ1) is 9.21. The van der Waals surface area contributed by atoms with Crippen LogP contribution < -0.4 is 10.3 Å². The summed E-state index contributed by atoms with van der Waals surface area (Å²) in [4.78, 5) is 21.7. The summed E-state index contributed by atoms with van der Waals surface area (Å²) in [6.07, 6.45) is 1.92. The van der Waals surface area contributed by atoms with Crippen LogP contribution in [0.2, 0.25) is 0 Å². The molecule has 2 aromatic heterocycles. The Hall–Kier alpha value is -1.12. The molecule has 2 heterocycles. The van der Waals surface area contributed by atoms with E-state index in [0.717, 1.165) is 4.34 Å². The molecule has 0 radical (unpaired) electrons. The molecule has 19 heavy (non-hydrogen) atoms. The number of rotatable bonds is 6. The third kappa shape index (κ3) is 2.90. The van der Waals surface area contributed by atoms with Gasteiger partial charge in [0.1, 0.15) is 0 Å². The van der Waals surface area contributed by atoms with Crippen LogP contribution in [-0.4, -0.2) is 41.1 Å². The summed E-state index contributed by atoms with van der Waals surface area (Å²) in [5.41, 5.74) is 0.218. The van der Waals surface area contributed by atoms with Crippen LogP contribution in [0.25, 0.3) is 10.3 Å². The molecule has 0 N–H and O–H groups in total. The van der Waals surface area contributed by atoms with E-state index in [4.69, 9.17) is 9.47 Å². The number of aromatic nitrogens is 3. The van der Waals surface area contributed by atoms with Gasteiger partial charge in [0.25, 0.3) is 5.56 Å². The highest BCUT2D eigenvalue weighted by atomic mass is 32.2. The lowest BCUT2D eigenvalue weighted by atomic mass is 10.5. The van der Waals surface area contributed by atoms with Crippen LogP contribution in [-0.2, 0) is 11.3 Å². The minimum atomic E-state index is -0.179. The number of fused-ring (bicyclic) bond motifs is 1. The highest BCUT2D eigenvalue weighted by Crippen LogP contribution is 2.26. The standard InChI is InChI=1S/C11H15N3O3S2/c1-4-17-10-13-8-7(12-11(18-3)19-8)9(15)14(10)5-6-16-2/h4-6H2,1-3H3. The summed E-state index contributed by atoms with van der Waals surface area (Å²) in [7, 11) is 1.59. The third-order valence-electron chi connectivity index (χ3n) is 2.43. The molecule has 0 saturated carbocycles. The van der Waals surface area contributed by atoms with Gasteiger partial charge in [-0.25, -0.2) is 4.98 Å².